The zero-order chi connectivity index (χ0) is 20.1. The van der Waals surface area contributed by atoms with E-state index in [0.717, 1.165) is 31.6 Å². The summed E-state index contributed by atoms with van der Waals surface area (Å²) < 4.78 is 13.9. The Hall–Kier alpha value is -2.89. The van der Waals surface area contributed by atoms with Crippen molar-refractivity contribution in [3.8, 4) is 0 Å². The first-order valence-corrected chi connectivity index (χ1v) is 9.79. The van der Waals surface area contributed by atoms with Crippen LogP contribution in [0.1, 0.15) is 47.4 Å². The highest BCUT2D eigenvalue weighted by atomic mass is 19.1. The Labute approximate surface area is 165 Å². The Morgan fingerprint density at radius 2 is 1.71 bits per heavy atom. The van der Waals surface area contributed by atoms with Crippen LogP contribution in [-0.4, -0.2) is 42.9 Å². The van der Waals surface area contributed by atoms with Crippen molar-refractivity contribution in [2.45, 2.75) is 26.7 Å². The van der Waals surface area contributed by atoms with E-state index in [2.05, 4.69) is 10.2 Å². The molecule has 5 nitrogen and oxygen atoms in total. The van der Waals surface area contributed by atoms with Gasteiger partial charge in [-0.05, 0) is 57.0 Å². The molecule has 1 heterocycles. The van der Waals surface area contributed by atoms with Crippen LogP contribution >= 0.6 is 0 Å². The number of anilines is 2. The Bertz CT molecular complexity index is 859. The maximum Gasteiger partial charge on any atom is 0.258 e. The molecule has 1 saturated heterocycles. The quantitative estimate of drug-likeness (QED) is 0.815. The molecule has 0 radical (unpaired) electrons. The van der Waals surface area contributed by atoms with E-state index in [1.54, 1.807) is 23.1 Å². The first-order chi connectivity index (χ1) is 13.5. The van der Waals surface area contributed by atoms with Gasteiger partial charge in [-0.2, -0.15) is 0 Å². The molecule has 6 heteroatoms. The van der Waals surface area contributed by atoms with Gasteiger partial charge in [0, 0.05) is 37.6 Å². The molecule has 0 aromatic heterocycles. The molecule has 0 saturated carbocycles. The zero-order valence-electron chi connectivity index (χ0n) is 16.4. The fourth-order valence-electron chi connectivity index (χ4n) is 3.54. The van der Waals surface area contributed by atoms with Crippen LogP contribution in [0.15, 0.2) is 42.5 Å². The maximum atomic E-state index is 13.9. The fourth-order valence-corrected chi connectivity index (χ4v) is 3.54. The number of hydrogen-bond donors (Lipinski definition) is 1. The second kappa shape index (κ2) is 8.87. The SMILES string of the molecule is CCN(CC)C(=O)c1cc(NC(=O)c2ccccc2F)ccc1N1CCCC1. The molecule has 28 heavy (non-hydrogen) atoms. The highest BCUT2D eigenvalue weighted by molar-refractivity contribution is 6.06. The summed E-state index contributed by atoms with van der Waals surface area (Å²) in [7, 11) is 0. The molecule has 148 valence electrons. The van der Waals surface area contributed by atoms with Crippen molar-refractivity contribution in [2.75, 3.05) is 36.4 Å². The van der Waals surface area contributed by atoms with Crippen LogP contribution in [0.5, 0.6) is 0 Å². The number of rotatable bonds is 6. The normalized spacial score (nSPS) is 13.5. The number of carbonyl (C=O) groups is 2. The lowest BCUT2D eigenvalue weighted by molar-refractivity contribution is 0.0773. The van der Waals surface area contributed by atoms with E-state index in [1.165, 1.54) is 18.2 Å². The number of halogens is 1. The van der Waals surface area contributed by atoms with Crippen LogP contribution in [0.4, 0.5) is 15.8 Å². The van der Waals surface area contributed by atoms with Crippen molar-refractivity contribution in [1.29, 1.82) is 0 Å². The minimum Gasteiger partial charge on any atom is -0.371 e. The van der Waals surface area contributed by atoms with Crippen molar-refractivity contribution >= 4 is 23.2 Å². The van der Waals surface area contributed by atoms with E-state index in [1.807, 2.05) is 19.9 Å². The third kappa shape index (κ3) is 4.16. The second-order valence-corrected chi connectivity index (χ2v) is 6.84. The van der Waals surface area contributed by atoms with E-state index >= 15 is 0 Å². The topological polar surface area (TPSA) is 52.7 Å². The number of amides is 2. The van der Waals surface area contributed by atoms with Crippen LogP contribution in [0.2, 0.25) is 0 Å². The number of hydrogen-bond acceptors (Lipinski definition) is 3. The van der Waals surface area contributed by atoms with Crippen molar-refractivity contribution in [2.24, 2.45) is 0 Å². The largest absolute Gasteiger partial charge is 0.371 e. The second-order valence-electron chi connectivity index (χ2n) is 6.84. The molecular weight excluding hydrogens is 357 g/mol. The fraction of sp³-hybridized carbons (Fsp3) is 0.364. The Balaban J connectivity index is 1.92. The van der Waals surface area contributed by atoms with Crippen LogP contribution < -0.4 is 10.2 Å². The van der Waals surface area contributed by atoms with Gasteiger partial charge in [-0.3, -0.25) is 9.59 Å². The lowest BCUT2D eigenvalue weighted by Gasteiger charge is -2.25. The van der Waals surface area contributed by atoms with Gasteiger partial charge in [0.15, 0.2) is 0 Å². The molecule has 0 aliphatic carbocycles. The lowest BCUT2D eigenvalue weighted by atomic mass is 10.1. The highest BCUT2D eigenvalue weighted by Crippen LogP contribution is 2.29. The van der Waals surface area contributed by atoms with E-state index in [9.17, 15) is 14.0 Å². The van der Waals surface area contributed by atoms with Gasteiger partial charge < -0.3 is 15.1 Å². The molecule has 2 aromatic rings. The molecule has 0 unspecified atom stereocenters. The van der Waals surface area contributed by atoms with E-state index in [0.29, 0.717) is 24.3 Å². The first-order valence-electron chi connectivity index (χ1n) is 9.79. The molecule has 0 atom stereocenters. The van der Waals surface area contributed by atoms with Gasteiger partial charge >= 0.3 is 0 Å². The molecule has 1 fully saturated rings. The van der Waals surface area contributed by atoms with Gasteiger partial charge in [-0.15, -0.1) is 0 Å². The number of nitrogens with one attached hydrogen (secondary N) is 1. The van der Waals surface area contributed by atoms with E-state index < -0.39 is 11.7 Å². The molecule has 2 amide bonds. The van der Waals surface area contributed by atoms with Gasteiger partial charge in [0.2, 0.25) is 0 Å². The summed E-state index contributed by atoms with van der Waals surface area (Å²) in [6.07, 6.45) is 2.20. The third-order valence-corrected chi connectivity index (χ3v) is 5.10. The lowest BCUT2D eigenvalue weighted by Crippen LogP contribution is -2.32. The Kier molecular flexibility index (Phi) is 6.29. The summed E-state index contributed by atoms with van der Waals surface area (Å²) in [6, 6.07) is 11.2. The average Bonchev–Trinajstić information content (AvgIpc) is 3.23. The predicted octanol–water partition coefficient (Wildman–Crippen LogP) is 4.16. The minimum absolute atomic E-state index is 0.0252. The number of carbonyl (C=O) groups excluding carboxylic acids is 2. The molecule has 1 aliphatic heterocycles. The van der Waals surface area contributed by atoms with Crippen LogP contribution in [-0.2, 0) is 0 Å². The Morgan fingerprint density at radius 3 is 2.36 bits per heavy atom. The summed E-state index contributed by atoms with van der Waals surface area (Å²) in [5, 5.41) is 2.72. The standard InChI is InChI=1S/C22H26FN3O2/c1-3-25(4-2)22(28)18-15-16(11-12-20(18)26-13-7-8-14-26)24-21(27)17-9-5-6-10-19(17)23/h5-6,9-12,15H,3-4,7-8,13-14H2,1-2H3,(H,24,27). The molecule has 2 aromatic carbocycles. The van der Waals surface area contributed by atoms with Crippen molar-refractivity contribution in [3.05, 3.63) is 59.4 Å². The maximum absolute atomic E-state index is 13.9. The summed E-state index contributed by atoms with van der Waals surface area (Å²) >= 11 is 0. The zero-order valence-corrected chi connectivity index (χ0v) is 16.4. The molecule has 0 bridgehead atoms. The average molecular weight is 383 g/mol. The van der Waals surface area contributed by atoms with Crippen LogP contribution in [0.3, 0.4) is 0 Å². The summed E-state index contributed by atoms with van der Waals surface area (Å²) in [5.41, 5.74) is 1.91. The summed E-state index contributed by atoms with van der Waals surface area (Å²) in [6.45, 7) is 6.95. The molecule has 1 aliphatic rings. The Morgan fingerprint density at radius 1 is 1.04 bits per heavy atom. The van der Waals surface area contributed by atoms with Crippen LogP contribution in [0.25, 0.3) is 0 Å². The summed E-state index contributed by atoms with van der Waals surface area (Å²) in [4.78, 5) is 29.5. The smallest absolute Gasteiger partial charge is 0.258 e. The molecule has 3 rings (SSSR count). The third-order valence-electron chi connectivity index (χ3n) is 5.10. The number of benzene rings is 2. The molecule has 1 N–H and O–H groups in total. The molecular formula is C22H26FN3O2. The number of nitrogens with zero attached hydrogens (tertiary/aromatic N) is 2. The van der Waals surface area contributed by atoms with Crippen molar-refractivity contribution in [1.82, 2.24) is 4.90 Å². The monoisotopic (exact) mass is 383 g/mol. The van der Waals surface area contributed by atoms with E-state index in [4.69, 9.17) is 0 Å². The van der Waals surface area contributed by atoms with Gasteiger partial charge in [-0.1, -0.05) is 12.1 Å². The van der Waals surface area contributed by atoms with Crippen molar-refractivity contribution < 1.29 is 14.0 Å². The van der Waals surface area contributed by atoms with E-state index in [-0.39, 0.29) is 11.5 Å². The first kappa shape index (κ1) is 19.9. The highest BCUT2D eigenvalue weighted by Gasteiger charge is 2.23. The van der Waals surface area contributed by atoms with Gasteiger partial charge in [0.05, 0.1) is 11.1 Å². The van der Waals surface area contributed by atoms with Crippen LogP contribution in [0, 0.1) is 5.82 Å². The molecule has 0 spiro atoms. The van der Waals surface area contributed by atoms with Gasteiger partial charge in [-0.25, -0.2) is 4.39 Å². The van der Waals surface area contributed by atoms with Crippen molar-refractivity contribution in [3.63, 3.8) is 0 Å². The van der Waals surface area contributed by atoms with Gasteiger partial charge in [0.25, 0.3) is 11.8 Å². The van der Waals surface area contributed by atoms with Gasteiger partial charge in [0.1, 0.15) is 5.82 Å². The summed E-state index contributed by atoms with van der Waals surface area (Å²) in [5.74, 6) is -1.17. The minimum atomic E-state index is -0.576. The predicted molar refractivity (Wildman–Crippen MR) is 109 cm³/mol.